The molecule has 5 rings (SSSR count). The van der Waals surface area contributed by atoms with Gasteiger partial charge in [-0.1, -0.05) is 0 Å². The Kier molecular flexibility index (Phi) is 3.83. The number of carbonyl (C=O) groups is 1. The lowest BCUT2D eigenvalue weighted by atomic mass is 10.1. The van der Waals surface area contributed by atoms with Crippen molar-refractivity contribution >= 4 is 40.0 Å². The molecule has 7 nitrogen and oxygen atoms in total. The van der Waals surface area contributed by atoms with E-state index >= 15 is 0 Å². The zero-order valence-electron chi connectivity index (χ0n) is 14.6. The predicted molar refractivity (Wildman–Crippen MR) is 101 cm³/mol. The average Bonchev–Trinajstić information content (AvgIpc) is 3.05. The number of imidazole rings is 1. The number of nitrogens with zero attached hydrogens (tertiary/aromatic N) is 4. The zero-order chi connectivity index (χ0) is 19.4. The third-order valence-corrected chi connectivity index (χ3v) is 5.56. The van der Waals surface area contributed by atoms with Gasteiger partial charge in [0, 0.05) is 23.2 Å². The number of hydrogen-bond acceptors (Lipinski definition) is 5. The van der Waals surface area contributed by atoms with Gasteiger partial charge < -0.3 is 9.72 Å². The van der Waals surface area contributed by atoms with Crippen molar-refractivity contribution in [2.45, 2.75) is 17.5 Å². The second-order valence-corrected chi connectivity index (χ2v) is 7.43. The predicted octanol–water partition coefficient (Wildman–Crippen LogP) is 3.43. The van der Waals surface area contributed by atoms with E-state index in [0.29, 0.717) is 33.1 Å². The molecule has 2 N–H and O–H groups in total. The Balaban J connectivity index is 1.58. The van der Waals surface area contributed by atoms with Crippen molar-refractivity contribution in [3.63, 3.8) is 0 Å². The van der Waals surface area contributed by atoms with Gasteiger partial charge in [-0.25, -0.2) is 13.8 Å². The summed E-state index contributed by atoms with van der Waals surface area (Å²) in [5.41, 5.74) is 2.27. The summed E-state index contributed by atoms with van der Waals surface area (Å²) in [5, 5.41) is 10.2. The Hall–Kier alpha value is -3.01. The van der Waals surface area contributed by atoms with Crippen molar-refractivity contribution in [2.75, 3.05) is 11.6 Å². The van der Waals surface area contributed by atoms with E-state index in [2.05, 4.69) is 25.5 Å². The number of H-pyrrole nitrogens is 1. The molecule has 1 fully saturated rings. The summed E-state index contributed by atoms with van der Waals surface area (Å²) in [6.07, 6.45) is 7.50. The van der Waals surface area contributed by atoms with E-state index in [9.17, 15) is 13.6 Å². The molecule has 0 saturated heterocycles. The molecule has 0 radical (unpaired) electrons. The molecule has 28 heavy (non-hydrogen) atoms. The Morgan fingerprint density at radius 2 is 2.21 bits per heavy atom. The average molecular weight is 400 g/mol. The van der Waals surface area contributed by atoms with Crippen LogP contribution < -0.4 is 5.32 Å². The molecule has 0 spiro atoms. The molecular weight excluding hydrogens is 386 g/mol. The molecule has 0 bridgehead atoms. The van der Waals surface area contributed by atoms with Gasteiger partial charge in [0.25, 0.3) is 0 Å². The van der Waals surface area contributed by atoms with Gasteiger partial charge in [0.05, 0.1) is 40.6 Å². The smallest absolute Gasteiger partial charge is 0.231 e. The molecule has 10 heteroatoms. The van der Waals surface area contributed by atoms with E-state index in [1.807, 2.05) is 0 Å². The number of anilines is 1. The number of hydrogen-bond donors (Lipinski definition) is 2. The molecule has 0 aliphatic heterocycles. The number of fused-ring (bicyclic) bond motifs is 2. The molecule has 1 saturated carbocycles. The minimum absolute atomic E-state index is 0.253. The number of halogens is 2. The van der Waals surface area contributed by atoms with E-state index < -0.39 is 12.1 Å². The minimum atomic E-state index is -1.07. The van der Waals surface area contributed by atoms with Crippen molar-refractivity contribution in [3.8, 4) is 11.3 Å². The largest absolute Gasteiger partial charge is 0.309 e. The minimum Gasteiger partial charge on any atom is -0.309 e. The molecule has 1 amide bonds. The van der Waals surface area contributed by atoms with Gasteiger partial charge in [-0.15, -0.1) is 11.8 Å². The van der Waals surface area contributed by atoms with E-state index in [0.717, 1.165) is 5.39 Å². The fourth-order valence-corrected chi connectivity index (χ4v) is 3.91. The maximum atomic E-state index is 14.5. The van der Waals surface area contributed by atoms with Crippen LogP contribution in [-0.4, -0.2) is 42.9 Å². The molecule has 2 atom stereocenters. The highest BCUT2D eigenvalue weighted by Gasteiger charge is 2.43. The van der Waals surface area contributed by atoms with E-state index in [4.69, 9.17) is 0 Å². The van der Waals surface area contributed by atoms with Crippen LogP contribution in [0, 0.1) is 11.7 Å². The lowest BCUT2D eigenvalue weighted by molar-refractivity contribution is -0.117. The molecular formula is C18H14F2N6OS. The fraction of sp³-hybridized carbons (Fsp3) is 0.222. The first-order valence-electron chi connectivity index (χ1n) is 8.55. The molecule has 4 aromatic rings. The van der Waals surface area contributed by atoms with Crippen LogP contribution in [0.1, 0.15) is 6.42 Å². The number of thioether (sulfide) groups is 1. The molecule has 0 unspecified atom stereocenters. The molecule has 1 aromatic carbocycles. The van der Waals surface area contributed by atoms with Crippen molar-refractivity contribution < 1.29 is 13.6 Å². The number of alkyl halides is 1. The first kappa shape index (κ1) is 17.1. The number of amides is 1. The van der Waals surface area contributed by atoms with Gasteiger partial charge in [0.1, 0.15) is 12.0 Å². The topological polar surface area (TPSA) is 88.0 Å². The van der Waals surface area contributed by atoms with Crippen LogP contribution >= 0.6 is 11.8 Å². The highest BCUT2D eigenvalue weighted by Crippen LogP contribution is 2.37. The summed E-state index contributed by atoms with van der Waals surface area (Å²) in [6, 6.07) is 1.41. The maximum absolute atomic E-state index is 14.5. The summed E-state index contributed by atoms with van der Waals surface area (Å²) >= 11 is 1.29. The van der Waals surface area contributed by atoms with Gasteiger partial charge in [-0.05, 0) is 12.7 Å². The number of aromatic amines is 1. The van der Waals surface area contributed by atoms with Crippen molar-refractivity contribution in [1.29, 1.82) is 0 Å². The van der Waals surface area contributed by atoms with Gasteiger partial charge in [-0.2, -0.15) is 5.10 Å². The van der Waals surface area contributed by atoms with Crippen molar-refractivity contribution in [2.24, 2.45) is 5.92 Å². The van der Waals surface area contributed by atoms with Crippen LogP contribution in [0.15, 0.2) is 35.7 Å². The summed E-state index contributed by atoms with van der Waals surface area (Å²) in [4.78, 5) is 21.1. The monoisotopic (exact) mass is 400 g/mol. The molecule has 1 aliphatic rings. The van der Waals surface area contributed by atoms with E-state index in [1.54, 1.807) is 35.4 Å². The quantitative estimate of drug-likeness (QED) is 0.513. The maximum Gasteiger partial charge on any atom is 0.231 e. The zero-order valence-corrected chi connectivity index (χ0v) is 15.4. The van der Waals surface area contributed by atoms with Gasteiger partial charge >= 0.3 is 0 Å². The summed E-state index contributed by atoms with van der Waals surface area (Å²) in [5.74, 6) is -1.01. The summed E-state index contributed by atoms with van der Waals surface area (Å²) in [7, 11) is 0. The van der Waals surface area contributed by atoms with E-state index in [-0.39, 0.29) is 18.1 Å². The Morgan fingerprint density at radius 3 is 2.96 bits per heavy atom. The SMILES string of the molecule is CSc1c(F)cc2[nH]ncc2c1-c1cn2cc(NC(=O)[C@@H]3C[C@@H]3F)nc2cn1. The second-order valence-electron chi connectivity index (χ2n) is 6.61. The van der Waals surface area contributed by atoms with Crippen LogP contribution in [-0.2, 0) is 4.79 Å². The highest BCUT2D eigenvalue weighted by atomic mass is 32.2. The number of carbonyl (C=O) groups excluding carboxylic acids is 1. The highest BCUT2D eigenvalue weighted by molar-refractivity contribution is 7.98. The first-order valence-corrected chi connectivity index (χ1v) is 9.77. The first-order chi connectivity index (χ1) is 13.5. The number of rotatable bonds is 4. The lowest BCUT2D eigenvalue weighted by Crippen LogP contribution is -2.15. The van der Waals surface area contributed by atoms with Crippen LogP contribution in [0.4, 0.5) is 14.6 Å². The molecule has 3 aromatic heterocycles. The van der Waals surface area contributed by atoms with Crippen LogP contribution in [0.5, 0.6) is 0 Å². The fourth-order valence-electron chi connectivity index (χ4n) is 3.24. The Bertz CT molecular complexity index is 1240. The second kappa shape index (κ2) is 6.26. The lowest BCUT2D eigenvalue weighted by Gasteiger charge is -2.10. The van der Waals surface area contributed by atoms with Crippen molar-refractivity contribution in [3.05, 3.63) is 36.7 Å². The third kappa shape index (κ3) is 2.71. The van der Waals surface area contributed by atoms with Gasteiger partial charge in [0.15, 0.2) is 11.5 Å². The number of benzene rings is 1. The van der Waals surface area contributed by atoms with Gasteiger partial charge in [0.2, 0.25) is 5.91 Å². The van der Waals surface area contributed by atoms with Crippen LogP contribution in [0.25, 0.3) is 27.8 Å². The number of nitrogens with one attached hydrogen (secondary N) is 2. The van der Waals surface area contributed by atoms with E-state index in [1.165, 1.54) is 17.8 Å². The van der Waals surface area contributed by atoms with Crippen LogP contribution in [0.3, 0.4) is 0 Å². The van der Waals surface area contributed by atoms with Crippen molar-refractivity contribution in [1.82, 2.24) is 24.6 Å². The normalized spacial score (nSPS) is 18.7. The molecule has 142 valence electrons. The molecule has 1 aliphatic carbocycles. The molecule has 3 heterocycles. The summed E-state index contributed by atoms with van der Waals surface area (Å²) in [6.45, 7) is 0. The standard InChI is InChI=1S/C18H14F2N6OS/c1-28-17-11(20)3-12-9(4-22-25-12)16(17)13-6-26-7-14(23-15(26)5-21-13)24-18(27)8-2-10(8)19/h3-8,10H,2H2,1H3,(H,22,25)(H,24,27)/t8-,10+/m1/s1. The van der Waals surface area contributed by atoms with Crippen LogP contribution in [0.2, 0.25) is 0 Å². The Morgan fingerprint density at radius 1 is 1.39 bits per heavy atom. The Labute approximate surface area is 161 Å². The van der Waals surface area contributed by atoms with Gasteiger partial charge in [-0.3, -0.25) is 14.9 Å². The third-order valence-electron chi connectivity index (χ3n) is 4.76. The summed E-state index contributed by atoms with van der Waals surface area (Å²) < 4.78 is 29.3. The number of aromatic nitrogens is 5.